The van der Waals surface area contributed by atoms with Gasteiger partial charge in [0.25, 0.3) is 0 Å². The average Bonchev–Trinajstić information content (AvgIpc) is 2.52. The van der Waals surface area contributed by atoms with Crippen molar-refractivity contribution in [1.82, 2.24) is 9.88 Å². The number of para-hydroxylation sites is 1. The zero-order chi connectivity index (χ0) is 15.1. The summed E-state index contributed by atoms with van der Waals surface area (Å²) < 4.78 is 0. The van der Waals surface area contributed by atoms with E-state index in [1.807, 2.05) is 54.3 Å². The van der Waals surface area contributed by atoms with Crippen LogP contribution in [-0.4, -0.2) is 22.3 Å². The molecule has 0 bridgehead atoms. The molecule has 1 aromatic carbocycles. The molecule has 0 saturated heterocycles. The van der Waals surface area contributed by atoms with Crippen molar-refractivity contribution < 1.29 is 4.79 Å². The molecule has 2 rings (SSSR count). The quantitative estimate of drug-likeness (QED) is 0.829. The Morgan fingerprint density at radius 1 is 1.19 bits per heavy atom. The van der Waals surface area contributed by atoms with Crippen molar-refractivity contribution >= 4 is 11.6 Å². The second-order valence-electron chi connectivity index (χ2n) is 4.93. The molecule has 0 atom stereocenters. The number of amides is 1. The van der Waals surface area contributed by atoms with Gasteiger partial charge >= 0.3 is 0 Å². The van der Waals surface area contributed by atoms with Crippen LogP contribution < -0.4 is 5.73 Å². The van der Waals surface area contributed by atoms with Crippen molar-refractivity contribution in [2.45, 2.75) is 26.3 Å². The van der Waals surface area contributed by atoms with Crippen molar-refractivity contribution in [3.8, 4) is 0 Å². The van der Waals surface area contributed by atoms with Gasteiger partial charge in [0.15, 0.2) is 0 Å². The lowest BCUT2D eigenvalue weighted by Gasteiger charge is -2.20. The number of nitrogen functional groups attached to an aromatic ring is 1. The van der Waals surface area contributed by atoms with Crippen LogP contribution in [0.4, 0.5) is 5.69 Å². The number of pyridine rings is 1. The summed E-state index contributed by atoms with van der Waals surface area (Å²) in [6.45, 7) is 3.22. The van der Waals surface area contributed by atoms with Crippen molar-refractivity contribution in [1.29, 1.82) is 0 Å². The third-order valence-electron chi connectivity index (χ3n) is 3.48. The zero-order valence-electron chi connectivity index (χ0n) is 12.3. The van der Waals surface area contributed by atoms with E-state index < -0.39 is 0 Å². The molecule has 1 aromatic heterocycles. The fourth-order valence-electron chi connectivity index (χ4n) is 2.23. The minimum Gasteiger partial charge on any atom is -0.399 e. The van der Waals surface area contributed by atoms with E-state index in [9.17, 15) is 4.79 Å². The SMILES string of the molecule is CCN(Cc1ccccn1)C(=O)CCc1ccccc1N. The summed E-state index contributed by atoms with van der Waals surface area (Å²) in [7, 11) is 0. The Kier molecular flexibility index (Phi) is 5.32. The molecule has 1 amide bonds. The van der Waals surface area contributed by atoms with Crippen LogP contribution in [0.15, 0.2) is 48.7 Å². The summed E-state index contributed by atoms with van der Waals surface area (Å²) in [5.41, 5.74) is 8.59. The van der Waals surface area contributed by atoms with E-state index in [1.54, 1.807) is 6.20 Å². The first kappa shape index (κ1) is 15.0. The molecule has 21 heavy (non-hydrogen) atoms. The van der Waals surface area contributed by atoms with E-state index in [2.05, 4.69) is 4.98 Å². The molecule has 0 saturated carbocycles. The molecule has 0 spiro atoms. The predicted molar refractivity (Wildman–Crippen MR) is 84.5 cm³/mol. The smallest absolute Gasteiger partial charge is 0.223 e. The monoisotopic (exact) mass is 283 g/mol. The number of rotatable bonds is 6. The molecule has 0 unspecified atom stereocenters. The normalized spacial score (nSPS) is 10.3. The maximum Gasteiger partial charge on any atom is 0.223 e. The molecule has 0 radical (unpaired) electrons. The molecular weight excluding hydrogens is 262 g/mol. The lowest BCUT2D eigenvalue weighted by atomic mass is 10.1. The van der Waals surface area contributed by atoms with Gasteiger partial charge in [0.1, 0.15) is 0 Å². The largest absolute Gasteiger partial charge is 0.399 e. The number of carbonyl (C=O) groups is 1. The topological polar surface area (TPSA) is 59.2 Å². The molecule has 0 aliphatic carbocycles. The van der Waals surface area contributed by atoms with Crippen molar-refractivity contribution in [3.05, 3.63) is 59.9 Å². The third kappa shape index (κ3) is 4.31. The highest BCUT2D eigenvalue weighted by atomic mass is 16.2. The van der Waals surface area contributed by atoms with Gasteiger partial charge in [-0.1, -0.05) is 24.3 Å². The molecule has 4 heteroatoms. The van der Waals surface area contributed by atoms with E-state index in [4.69, 9.17) is 5.73 Å². The Morgan fingerprint density at radius 2 is 1.95 bits per heavy atom. The molecule has 2 N–H and O–H groups in total. The van der Waals surface area contributed by atoms with E-state index >= 15 is 0 Å². The zero-order valence-corrected chi connectivity index (χ0v) is 12.3. The number of aryl methyl sites for hydroxylation is 1. The van der Waals surface area contributed by atoms with Crippen LogP contribution >= 0.6 is 0 Å². The van der Waals surface area contributed by atoms with Gasteiger partial charge in [-0.3, -0.25) is 9.78 Å². The maximum absolute atomic E-state index is 12.3. The van der Waals surface area contributed by atoms with Gasteiger partial charge in [-0.15, -0.1) is 0 Å². The Balaban J connectivity index is 1.93. The summed E-state index contributed by atoms with van der Waals surface area (Å²) in [4.78, 5) is 18.4. The standard InChI is InChI=1S/C17H21N3O/c1-2-20(13-15-8-5-6-12-19-15)17(21)11-10-14-7-3-4-9-16(14)18/h3-9,12H,2,10-11,13,18H2,1H3. The Hall–Kier alpha value is -2.36. The van der Waals surface area contributed by atoms with E-state index in [1.165, 1.54) is 0 Å². The fraction of sp³-hybridized carbons (Fsp3) is 0.294. The predicted octanol–water partition coefficient (Wildman–Crippen LogP) is 2.65. The minimum absolute atomic E-state index is 0.131. The van der Waals surface area contributed by atoms with Crippen molar-refractivity contribution in [3.63, 3.8) is 0 Å². The Morgan fingerprint density at radius 3 is 2.62 bits per heavy atom. The number of nitrogens with two attached hydrogens (primary N) is 1. The highest BCUT2D eigenvalue weighted by molar-refractivity contribution is 5.76. The van der Waals surface area contributed by atoms with E-state index in [0.29, 0.717) is 25.9 Å². The van der Waals surface area contributed by atoms with Gasteiger partial charge < -0.3 is 10.6 Å². The second kappa shape index (κ2) is 7.43. The van der Waals surface area contributed by atoms with Crippen LogP contribution in [0.1, 0.15) is 24.6 Å². The van der Waals surface area contributed by atoms with Crippen LogP contribution in [0.25, 0.3) is 0 Å². The summed E-state index contributed by atoms with van der Waals surface area (Å²) in [6.07, 6.45) is 2.89. The highest BCUT2D eigenvalue weighted by Gasteiger charge is 2.13. The molecule has 0 aliphatic rings. The number of carbonyl (C=O) groups excluding carboxylic acids is 1. The first-order valence-corrected chi connectivity index (χ1v) is 7.21. The second-order valence-corrected chi connectivity index (χ2v) is 4.93. The molecule has 110 valence electrons. The average molecular weight is 283 g/mol. The van der Waals surface area contributed by atoms with Gasteiger partial charge in [0.2, 0.25) is 5.91 Å². The lowest BCUT2D eigenvalue weighted by Crippen LogP contribution is -2.30. The molecule has 4 nitrogen and oxygen atoms in total. The summed E-state index contributed by atoms with van der Waals surface area (Å²) in [6, 6.07) is 13.4. The summed E-state index contributed by atoms with van der Waals surface area (Å²) >= 11 is 0. The van der Waals surface area contributed by atoms with Gasteiger partial charge in [-0.05, 0) is 37.1 Å². The molecule has 0 aliphatic heterocycles. The Labute approximate surface area is 125 Å². The van der Waals surface area contributed by atoms with Crippen LogP contribution in [0.3, 0.4) is 0 Å². The first-order chi connectivity index (χ1) is 10.2. The van der Waals surface area contributed by atoms with Gasteiger partial charge in [-0.2, -0.15) is 0 Å². The van der Waals surface area contributed by atoms with Crippen molar-refractivity contribution in [2.75, 3.05) is 12.3 Å². The molecule has 0 fully saturated rings. The van der Waals surface area contributed by atoms with Crippen molar-refractivity contribution in [2.24, 2.45) is 0 Å². The third-order valence-corrected chi connectivity index (χ3v) is 3.48. The number of anilines is 1. The molecular formula is C17H21N3O. The number of hydrogen-bond donors (Lipinski definition) is 1. The van der Waals surface area contributed by atoms with Crippen LogP contribution in [0, 0.1) is 0 Å². The number of benzene rings is 1. The fourth-order valence-corrected chi connectivity index (χ4v) is 2.23. The number of nitrogens with zero attached hydrogens (tertiary/aromatic N) is 2. The number of hydrogen-bond acceptors (Lipinski definition) is 3. The Bertz CT molecular complexity index is 584. The van der Waals surface area contributed by atoms with E-state index in [-0.39, 0.29) is 5.91 Å². The van der Waals surface area contributed by atoms with Gasteiger partial charge in [-0.25, -0.2) is 0 Å². The lowest BCUT2D eigenvalue weighted by molar-refractivity contribution is -0.131. The summed E-state index contributed by atoms with van der Waals surface area (Å²) in [5, 5.41) is 0. The van der Waals surface area contributed by atoms with E-state index in [0.717, 1.165) is 16.9 Å². The highest BCUT2D eigenvalue weighted by Crippen LogP contribution is 2.14. The van der Waals surface area contributed by atoms with Crippen LogP contribution in [0.5, 0.6) is 0 Å². The molecule has 2 aromatic rings. The van der Waals surface area contributed by atoms with Crippen LogP contribution in [-0.2, 0) is 17.8 Å². The number of aromatic nitrogens is 1. The molecule has 1 heterocycles. The first-order valence-electron chi connectivity index (χ1n) is 7.21. The maximum atomic E-state index is 12.3. The summed E-state index contributed by atoms with van der Waals surface area (Å²) in [5.74, 6) is 0.131. The minimum atomic E-state index is 0.131. The van der Waals surface area contributed by atoms with Gasteiger partial charge in [0, 0.05) is 24.8 Å². The van der Waals surface area contributed by atoms with Gasteiger partial charge in [0.05, 0.1) is 12.2 Å². The van der Waals surface area contributed by atoms with Crippen LogP contribution in [0.2, 0.25) is 0 Å².